The fourth-order valence-corrected chi connectivity index (χ4v) is 1.75. The maximum atomic E-state index is 12.7. The quantitative estimate of drug-likeness (QED) is 0.859. The second-order valence-corrected chi connectivity index (χ2v) is 4.43. The molecule has 0 spiro atoms. The van der Waals surface area contributed by atoms with E-state index in [1.165, 1.54) is 17.0 Å². The van der Waals surface area contributed by atoms with Crippen molar-refractivity contribution in [3.05, 3.63) is 60.4 Å². The zero-order valence-corrected chi connectivity index (χ0v) is 11.8. The second kappa shape index (κ2) is 7.28. The molecule has 0 saturated heterocycles. The van der Waals surface area contributed by atoms with Gasteiger partial charge in [0.1, 0.15) is 18.2 Å². The predicted molar refractivity (Wildman–Crippen MR) is 80.1 cm³/mol. The van der Waals surface area contributed by atoms with Crippen molar-refractivity contribution in [3.63, 3.8) is 0 Å². The number of amides is 2. The molecule has 5 heteroatoms. The number of anilines is 1. The second-order valence-electron chi connectivity index (χ2n) is 4.43. The van der Waals surface area contributed by atoms with Gasteiger partial charge < -0.3 is 10.1 Å². The highest BCUT2D eigenvalue weighted by Crippen LogP contribution is 2.11. The van der Waals surface area contributed by atoms with E-state index in [1.54, 1.807) is 19.2 Å². The van der Waals surface area contributed by atoms with E-state index < -0.39 is 0 Å². The molecule has 2 aromatic rings. The lowest BCUT2D eigenvalue weighted by molar-refractivity contribution is 0.243. The van der Waals surface area contributed by atoms with Gasteiger partial charge in [0.25, 0.3) is 0 Å². The van der Waals surface area contributed by atoms with Crippen LogP contribution in [0, 0.1) is 5.82 Å². The molecule has 110 valence electrons. The minimum Gasteiger partial charge on any atom is -0.492 e. The number of nitrogens with one attached hydrogen (secondary N) is 1. The molecule has 0 saturated carbocycles. The number of hydrogen-bond acceptors (Lipinski definition) is 2. The Morgan fingerprint density at radius 3 is 2.48 bits per heavy atom. The molecule has 0 fully saturated rings. The van der Waals surface area contributed by atoms with Gasteiger partial charge in [0.2, 0.25) is 0 Å². The lowest BCUT2D eigenvalue weighted by atomic mass is 10.3. The van der Waals surface area contributed by atoms with Crippen LogP contribution in [0.4, 0.5) is 14.9 Å². The Kier molecular flexibility index (Phi) is 5.15. The number of halogens is 1. The minimum absolute atomic E-state index is 0.205. The molecule has 0 aliphatic carbocycles. The summed E-state index contributed by atoms with van der Waals surface area (Å²) >= 11 is 0. The van der Waals surface area contributed by atoms with Crippen LogP contribution in [0.25, 0.3) is 0 Å². The summed E-state index contributed by atoms with van der Waals surface area (Å²) < 4.78 is 18.1. The first kappa shape index (κ1) is 14.8. The number of carbonyl (C=O) groups excluding carboxylic acids is 1. The number of carbonyl (C=O) groups is 1. The highest BCUT2D eigenvalue weighted by atomic mass is 19.1. The Labute approximate surface area is 123 Å². The third kappa shape index (κ3) is 4.49. The average Bonchev–Trinajstić information content (AvgIpc) is 2.53. The Hall–Kier alpha value is -2.56. The summed E-state index contributed by atoms with van der Waals surface area (Å²) in [7, 11) is 1.70. The molecule has 2 aromatic carbocycles. The lowest BCUT2D eigenvalue weighted by Crippen LogP contribution is -2.39. The van der Waals surface area contributed by atoms with E-state index in [0.717, 1.165) is 5.69 Å². The molecule has 0 unspecified atom stereocenters. The van der Waals surface area contributed by atoms with Gasteiger partial charge in [-0.3, -0.25) is 4.90 Å². The van der Waals surface area contributed by atoms with Crippen LogP contribution in [0.2, 0.25) is 0 Å². The van der Waals surface area contributed by atoms with E-state index in [9.17, 15) is 9.18 Å². The SMILES string of the molecule is CN(C(=O)NCCOc1ccc(F)cc1)c1ccccc1. The molecule has 0 aromatic heterocycles. The van der Waals surface area contributed by atoms with Crippen LogP contribution in [0.15, 0.2) is 54.6 Å². The molecule has 0 bridgehead atoms. The molecular weight excluding hydrogens is 271 g/mol. The van der Waals surface area contributed by atoms with Crippen LogP contribution in [0.3, 0.4) is 0 Å². The van der Waals surface area contributed by atoms with Gasteiger partial charge in [-0.1, -0.05) is 18.2 Å². The molecule has 21 heavy (non-hydrogen) atoms. The number of benzene rings is 2. The summed E-state index contributed by atoms with van der Waals surface area (Å²) in [5, 5.41) is 2.75. The van der Waals surface area contributed by atoms with Crippen molar-refractivity contribution in [2.75, 3.05) is 25.1 Å². The molecule has 2 amide bonds. The van der Waals surface area contributed by atoms with E-state index in [2.05, 4.69) is 5.32 Å². The van der Waals surface area contributed by atoms with Crippen molar-refractivity contribution < 1.29 is 13.9 Å². The maximum absolute atomic E-state index is 12.7. The van der Waals surface area contributed by atoms with Crippen LogP contribution < -0.4 is 15.0 Å². The molecule has 0 radical (unpaired) electrons. The van der Waals surface area contributed by atoms with Gasteiger partial charge in [0, 0.05) is 12.7 Å². The number of urea groups is 1. The van der Waals surface area contributed by atoms with Crippen LogP contribution in [-0.4, -0.2) is 26.2 Å². The molecule has 0 heterocycles. The van der Waals surface area contributed by atoms with Gasteiger partial charge in [-0.2, -0.15) is 0 Å². The predicted octanol–water partition coefficient (Wildman–Crippen LogP) is 3.05. The van der Waals surface area contributed by atoms with E-state index >= 15 is 0 Å². The topological polar surface area (TPSA) is 41.6 Å². The van der Waals surface area contributed by atoms with Gasteiger partial charge in [-0.15, -0.1) is 0 Å². The van der Waals surface area contributed by atoms with E-state index in [-0.39, 0.29) is 11.8 Å². The van der Waals surface area contributed by atoms with Crippen LogP contribution >= 0.6 is 0 Å². The summed E-state index contributed by atoms with van der Waals surface area (Å²) in [6.45, 7) is 0.688. The van der Waals surface area contributed by atoms with Crippen LogP contribution in [0.5, 0.6) is 5.75 Å². The Bertz CT molecular complexity index is 573. The van der Waals surface area contributed by atoms with Crippen LogP contribution in [0.1, 0.15) is 0 Å². The Morgan fingerprint density at radius 1 is 1.14 bits per heavy atom. The molecule has 1 N–H and O–H groups in total. The van der Waals surface area contributed by atoms with Crippen LogP contribution in [-0.2, 0) is 0 Å². The zero-order chi connectivity index (χ0) is 15.1. The number of hydrogen-bond donors (Lipinski definition) is 1. The zero-order valence-electron chi connectivity index (χ0n) is 11.8. The van der Waals surface area contributed by atoms with Crippen molar-refractivity contribution in [1.29, 1.82) is 0 Å². The third-order valence-electron chi connectivity index (χ3n) is 2.91. The summed E-state index contributed by atoms with van der Waals surface area (Å²) in [5.41, 5.74) is 0.814. The smallest absolute Gasteiger partial charge is 0.321 e. The Balaban J connectivity index is 1.73. The van der Waals surface area contributed by atoms with Gasteiger partial charge in [0.15, 0.2) is 0 Å². The van der Waals surface area contributed by atoms with Crippen molar-refractivity contribution >= 4 is 11.7 Å². The van der Waals surface area contributed by atoms with Gasteiger partial charge in [-0.05, 0) is 36.4 Å². The standard InChI is InChI=1S/C16H17FN2O2/c1-19(14-5-3-2-4-6-14)16(20)18-11-12-21-15-9-7-13(17)8-10-15/h2-10H,11-12H2,1H3,(H,18,20). The van der Waals surface area contributed by atoms with E-state index in [1.807, 2.05) is 30.3 Å². The first-order valence-electron chi connectivity index (χ1n) is 6.62. The highest BCUT2D eigenvalue weighted by molar-refractivity contribution is 5.91. The van der Waals surface area contributed by atoms with Crippen molar-refractivity contribution in [2.45, 2.75) is 0 Å². The fourth-order valence-electron chi connectivity index (χ4n) is 1.75. The molecule has 4 nitrogen and oxygen atoms in total. The summed E-state index contributed by atoms with van der Waals surface area (Å²) in [6, 6.07) is 14.9. The van der Waals surface area contributed by atoms with Gasteiger partial charge in [0.05, 0.1) is 6.54 Å². The minimum atomic E-state index is -0.305. The normalized spacial score (nSPS) is 10.0. The summed E-state index contributed by atoms with van der Waals surface area (Å²) in [5.74, 6) is 0.266. The molecule has 2 rings (SSSR count). The number of rotatable bonds is 5. The van der Waals surface area contributed by atoms with Crippen molar-refractivity contribution in [1.82, 2.24) is 5.32 Å². The third-order valence-corrected chi connectivity index (χ3v) is 2.91. The molecule has 0 aliphatic heterocycles. The summed E-state index contributed by atoms with van der Waals surface area (Å²) in [6.07, 6.45) is 0. The number of ether oxygens (including phenoxy) is 1. The Morgan fingerprint density at radius 2 is 1.81 bits per heavy atom. The first-order chi connectivity index (χ1) is 10.2. The largest absolute Gasteiger partial charge is 0.492 e. The van der Waals surface area contributed by atoms with E-state index in [4.69, 9.17) is 4.74 Å². The van der Waals surface area contributed by atoms with E-state index in [0.29, 0.717) is 18.9 Å². The summed E-state index contributed by atoms with van der Waals surface area (Å²) in [4.78, 5) is 13.4. The van der Waals surface area contributed by atoms with Gasteiger partial charge >= 0.3 is 6.03 Å². The first-order valence-corrected chi connectivity index (χ1v) is 6.62. The highest BCUT2D eigenvalue weighted by Gasteiger charge is 2.09. The molecule has 0 aliphatic rings. The molecular formula is C16H17FN2O2. The van der Waals surface area contributed by atoms with Gasteiger partial charge in [-0.25, -0.2) is 9.18 Å². The fraction of sp³-hybridized carbons (Fsp3) is 0.188. The number of para-hydroxylation sites is 1. The number of nitrogens with zero attached hydrogens (tertiary/aromatic N) is 1. The average molecular weight is 288 g/mol. The van der Waals surface area contributed by atoms with Crippen molar-refractivity contribution in [3.8, 4) is 5.75 Å². The maximum Gasteiger partial charge on any atom is 0.321 e. The molecule has 0 atom stereocenters. The van der Waals surface area contributed by atoms with Crippen molar-refractivity contribution in [2.24, 2.45) is 0 Å². The monoisotopic (exact) mass is 288 g/mol. The lowest BCUT2D eigenvalue weighted by Gasteiger charge is -2.18.